The monoisotopic (exact) mass is 433 g/mol. The van der Waals surface area contributed by atoms with E-state index in [1.165, 1.54) is 29.3 Å². The minimum atomic E-state index is -0.0915. The van der Waals surface area contributed by atoms with Crippen molar-refractivity contribution in [2.24, 2.45) is 0 Å². The molecule has 166 valence electrons. The average molecular weight is 434 g/mol. The summed E-state index contributed by atoms with van der Waals surface area (Å²) in [5.41, 5.74) is 6.45. The number of rotatable bonds is 3. The zero-order valence-electron chi connectivity index (χ0n) is 18.4. The molecule has 1 N–H and O–H groups in total. The summed E-state index contributed by atoms with van der Waals surface area (Å²) in [4.78, 5) is 32.0. The molecule has 1 aromatic carbocycles. The van der Waals surface area contributed by atoms with E-state index < -0.39 is 0 Å². The molecule has 2 aromatic heterocycles. The number of furan rings is 1. The third-order valence-corrected chi connectivity index (χ3v) is 6.46. The number of anilines is 1. The third-order valence-electron chi connectivity index (χ3n) is 6.46. The minimum Gasteiger partial charge on any atom is -0.472 e. The normalized spacial score (nSPS) is 16.2. The molecule has 1 saturated heterocycles. The van der Waals surface area contributed by atoms with E-state index in [0.717, 1.165) is 24.3 Å². The number of hydrogen-bond acceptors (Lipinski definition) is 5. The number of benzene rings is 1. The van der Waals surface area contributed by atoms with Crippen LogP contribution in [0.2, 0.25) is 0 Å². The molecule has 1 fully saturated rings. The van der Waals surface area contributed by atoms with Crippen LogP contribution < -0.4 is 4.90 Å². The first kappa shape index (κ1) is 20.4. The number of carbonyl (C=O) groups is 2. The summed E-state index contributed by atoms with van der Waals surface area (Å²) in [5.74, 6) is -0.160. The number of aromatic amines is 1. The second-order valence-corrected chi connectivity index (χ2v) is 8.59. The number of hydrogen-bond donors (Lipinski definition) is 1. The van der Waals surface area contributed by atoms with Crippen LogP contribution in [0.15, 0.2) is 41.2 Å². The number of aryl methyl sites for hydroxylation is 2. The number of piperazine rings is 1. The number of nitrogens with one attached hydrogen (secondary N) is 1. The van der Waals surface area contributed by atoms with Crippen LogP contribution in [0.1, 0.15) is 43.2 Å². The van der Waals surface area contributed by atoms with E-state index in [2.05, 4.69) is 47.1 Å². The first-order valence-electron chi connectivity index (χ1n) is 11.0. The summed E-state index contributed by atoms with van der Waals surface area (Å²) >= 11 is 0. The van der Waals surface area contributed by atoms with E-state index in [9.17, 15) is 9.59 Å². The Kier molecular flexibility index (Phi) is 5.20. The summed E-state index contributed by atoms with van der Waals surface area (Å²) in [6.45, 7) is 8.04. The molecule has 0 spiro atoms. The van der Waals surface area contributed by atoms with Crippen LogP contribution in [0.5, 0.6) is 0 Å². The van der Waals surface area contributed by atoms with Crippen molar-refractivity contribution < 1.29 is 14.0 Å². The van der Waals surface area contributed by atoms with Crippen LogP contribution in [0, 0.1) is 13.8 Å². The number of amides is 2. The van der Waals surface area contributed by atoms with Crippen molar-refractivity contribution in [3.8, 4) is 0 Å². The molecule has 0 radical (unpaired) electrons. The van der Waals surface area contributed by atoms with Gasteiger partial charge in [-0.25, -0.2) is 0 Å². The van der Waals surface area contributed by atoms with Crippen molar-refractivity contribution in [1.29, 1.82) is 0 Å². The smallest absolute Gasteiger partial charge is 0.274 e. The molecular formula is C24H27N5O3. The van der Waals surface area contributed by atoms with Gasteiger partial charge in [0.15, 0.2) is 5.69 Å². The molecule has 3 aromatic rings. The number of fused-ring (bicyclic) bond motifs is 1. The highest BCUT2D eigenvalue weighted by atomic mass is 16.3. The fourth-order valence-corrected chi connectivity index (χ4v) is 4.57. The fraction of sp³-hybridized carbons (Fsp3) is 0.375. The lowest BCUT2D eigenvalue weighted by Gasteiger charge is -2.37. The van der Waals surface area contributed by atoms with Crippen molar-refractivity contribution in [2.45, 2.75) is 26.8 Å². The zero-order valence-corrected chi connectivity index (χ0v) is 18.4. The Balaban J connectivity index is 1.28. The van der Waals surface area contributed by atoms with E-state index in [1.807, 2.05) is 4.90 Å². The van der Waals surface area contributed by atoms with Gasteiger partial charge in [0, 0.05) is 56.1 Å². The van der Waals surface area contributed by atoms with Crippen molar-refractivity contribution >= 4 is 17.5 Å². The first-order valence-corrected chi connectivity index (χ1v) is 11.0. The molecule has 8 heteroatoms. The highest BCUT2D eigenvalue weighted by Gasteiger charge is 2.31. The van der Waals surface area contributed by atoms with E-state index in [-0.39, 0.29) is 11.8 Å². The Morgan fingerprint density at radius 3 is 2.56 bits per heavy atom. The van der Waals surface area contributed by atoms with Gasteiger partial charge in [0.2, 0.25) is 0 Å². The topological polar surface area (TPSA) is 85.7 Å². The lowest BCUT2D eigenvalue weighted by atomic mass is 10.0. The largest absolute Gasteiger partial charge is 0.472 e. The number of carbonyl (C=O) groups excluding carboxylic acids is 2. The highest BCUT2D eigenvalue weighted by Crippen LogP contribution is 2.26. The number of aromatic nitrogens is 2. The maximum Gasteiger partial charge on any atom is 0.274 e. The summed E-state index contributed by atoms with van der Waals surface area (Å²) in [6, 6.07) is 8.14. The Hall–Kier alpha value is -3.55. The molecule has 2 aliphatic rings. The van der Waals surface area contributed by atoms with Gasteiger partial charge in [-0.05, 0) is 37.1 Å². The molecule has 0 atom stereocenters. The van der Waals surface area contributed by atoms with Crippen molar-refractivity contribution in [2.75, 3.05) is 37.6 Å². The van der Waals surface area contributed by atoms with Gasteiger partial charge in [-0.15, -0.1) is 0 Å². The standard InChI is InChI=1S/C24H27N5O3/c1-16-3-4-17(2)21(13-16)27-8-10-28(11-9-27)24(31)22-19-14-29(7-5-20(19)25-26-22)23(30)18-6-12-32-15-18/h3-4,6,12-13,15H,5,7-11,14H2,1-2H3,(H,25,26). The number of nitrogens with zero attached hydrogens (tertiary/aromatic N) is 4. The first-order chi connectivity index (χ1) is 15.5. The van der Waals surface area contributed by atoms with Gasteiger partial charge in [-0.1, -0.05) is 12.1 Å². The Morgan fingerprint density at radius 1 is 1.00 bits per heavy atom. The third kappa shape index (κ3) is 3.66. The van der Waals surface area contributed by atoms with Gasteiger partial charge in [0.1, 0.15) is 6.26 Å². The molecule has 2 aliphatic heterocycles. The molecular weight excluding hydrogens is 406 g/mol. The molecule has 0 saturated carbocycles. The quantitative estimate of drug-likeness (QED) is 0.687. The van der Waals surface area contributed by atoms with E-state index in [4.69, 9.17) is 4.42 Å². The zero-order chi connectivity index (χ0) is 22.2. The second kappa shape index (κ2) is 8.18. The molecule has 4 heterocycles. The van der Waals surface area contributed by atoms with Crippen LogP contribution in [0.25, 0.3) is 0 Å². The number of H-pyrrole nitrogens is 1. The molecule has 2 amide bonds. The summed E-state index contributed by atoms with van der Waals surface area (Å²) in [5, 5.41) is 7.37. The SMILES string of the molecule is Cc1ccc(C)c(N2CCN(C(=O)c3n[nH]c4c3CN(C(=O)c3ccoc3)CC4)CC2)c1. The second-order valence-electron chi connectivity index (χ2n) is 8.59. The molecule has 0 unspecified atom stereocenters. The van der Waals surface area contributed by atoms with Gasteiger partial charge in [0.25, 0.3) is 11.8 Å². The summed E-state index contributed by atoms with van der Waals surface area (Å²) in [7, 11) is 0. The van der Waals surface area contributed by atoms with Crippen molar-refractivity contribution in [1.82, 2.24) is 20.0 Å². The molecule has 8 nitrogen and oxygen atoms in total. The Morgan fingerprint density at radius 2 is 1.81 bits per heavy atom. The predicted molar refractivity (Wildman–Crippen MR) is 120 cm³/mol. The van der Waals surface area contributed by atoms with Crippen LogP contribution in [0.4, 0.5) is 5.69 Å². The Bertz CT molecular complexity index is 1140. The molecule has 5 rings (SSSR count). The molecule has 32 heavy (non-hydrogen) atoms. The fourth-order valence-electron chi connectivity index (χ4n) is 4.57. The molecule has 0 bridgehead atoms. The van der Waals surface area contributed by atoms with Gasteiger partial charge >= 0.3 is 0 Å². The van der Waals surface area contributed by atoms with E-state index >= 15 is 0 Å². The van der Waals surface area contributed by atoms with Crippen LogP contribution >= 0.6 is 0 Å². The minimum absolute atomic E-state index is 0.0688. The van der Waals surface area contributed by atoms with Gasteiger partial charge in [-0.3, -0.25) is 14.7 Å². The van der Waals surface area contributed by atoms with Crippen LogP contribution in [-0.2, 0) is 13.0 Å². The summed E-state index contributed by atoms with van der Waals surface area (Å²) < 4.78 is 5.05. The predicted octanol–water partition coefficient (Wildman–Crippen LogP) is 2.78. The van der Waals surface area contributed by atoms with Crippen molar-refractivity contribution in [3.63, 3.8) is 0 Å². The maximum absolute atomic E-state index is 13.3. The van der Waals surface area contributed by atoms with Gasteiger partial charge in [-0.2, -0.15) is 5.10 Å². The maximum atomic E-state index is 13.3. The van der Waals surface area contributed by atoms with Gasteiger partial charge < -0.3 is 19.1 Å². The highest BCUT2D eigenvalue weighted by molar-refractivity contribution is 5.96. The van der Waals surface area contributed by atoms with Gasteiger partial charge in [0.05, 0.1) is 18.4 Å². The summed E-state index contributed by atoms with van der Waals surface area (Å²) in [6.07, 6.45) is 3.60. The van der Waals surface area contributed by atoms with Crippen molar-refractivity contribution in [3.05, 3.63) is 70.4 Å². The van der Waals surface area contributed by atoms with E-state index in [0.29, 0.717) is 43.9 Å². The van der Waals surface area contributed by atoms with Crippen LogP contribution in [-0.4, -0.2) is 64.5 Å². The lowest BCUT2D eigenvalue weighted by molar-refractivity contribution is 0.0709. The van der Waals surface area contributed by atoms with Crippen LogP contribution in [0.3, 0.4) is 0 Å². The Labute approximate surface area is 186 Å². The molecule has 0 aliphatic carbocycles. The average Bonchev–Trinajstić information content (AvgIpc) is 3.50. The van der Waals surface area contributed by atoms with E-state index in [1.54, 1.807) is 11.0 Å². The lowest BCUT2D eigenvalue weighted by Crippen LogP contribution is -2.49.